The maximum absolute atomic E-state index is 11.5. The molecule has 2 atom stereocenters. The average Bonchev–Trinajstić information content (AvgIpc) is 3.18. The molecule has 0 fully saturated rings. The number of hydrogen-bond donors (Lipinski definition) is 4. The Labute approximate surface area is 350 Å². The molecule has 336 valence electrons. The van der Waals surface area contributed by atoms with Crippen LogP contribution >= 0.6 is 0 Å². The van der Waals surface area contributed by atoms with E-state index in [1.54, 1.807) is 0 Å². The van der Waals surface area contributed by atoms with E-state index in [1.165, 1.54) is 130 Å². The molecule has 0 aromatic heterocycles. The Morgan fingerprint density at radius 1 is 0.439 bits per heavy atom. The summed E-state index contributed by atoms with van der Waals surface area (Å²) in [5.41, 5.74) is 0. The summed E-state index contributed by atoms with van der Waals surface area (Å²) in [6, 6.07) is 0. The zero-order valence-corrected chi connectivity index (χ0v) is 36.4. The SMILES string of the molecule is C.COC(=O)CNC(=O)CCC/C=C\CCCCCCCCCCCCC(C)O.COC(=O)CNC(=O)CCC/C=C\CCCCCCCCCCCCC(C)O. The Kier molecular flexibility index (Phi) is 49.0. The second kappa shape index (κ2) is 47.7. The van der Waals surface area contributed by atoms with Crippen LogP contribution < -0.4 is 10.6 Å². The lowest BCUT2D eigenvalue weighted by Crippen LogP contribution is -2.29. The van der Waals surface area contributed by atoms with Crippen LogP contribution in [-0.2, 0) is 28.7 Å². The fourth-order valence-corrected chi connectivity index (χ4v) is 6.13. The van der Waals surface area contributed by atoms with Gasteiger partial charge in [-0.15, -0.1) is 0 Å². The number of unbranched alkanes of at least 4 members (excludes halogenated alkanes) is 22. The third-order valence-corrected chi connectivity index (χ3v) is 9.68. The smallest absolute Gasteiger partial charge is 0.325 e. The number of methoxy groups -OCH3 is 2. The number of amides is 2. The number of nitrogens with one attached hydrogen (secondary N) is 2. The maximum Gasteiger partial charge on any atom is 0.325 e. The molecule has 0 aliphatic rings. The van der Waals surface area contributed by atoms with Gasteiger partial charge in [0.05, 0.1) is 26.4 Å². The number of rotatable bonds is 38. The number of allylic oxidation sites excluding steroid dienone is 4. The van der Waals surface area contributed by atoms with Crippen molar-refractivity contribution in [2.75, 3.05) is 27.3 Å². The monoisotopic (exact) mass is 811 g/mol. The second-order valence-corrected chi connectivity index (χ2v) is 15.4. The molecule has 0 rings (SSSR count). The molecule has 57 heavy (non-hydrogen) atoms. The predicted octanol–water partition coefficient (Wildman–Crippen LogP) is 10.8. The van der Waals surface area contributed by atoms with E-state index in [-0.39, 0.29) is 44.5 Å². The molecule has 2 amide bonds. The first-order valence-corrected chi connectivity index (χ1v) is 22.4. The minimum Gasteiger partial charge on any atom is -0.468 e. The highest BCUT2D eigenvalue weighted by molar-refractivity contribution is 5.82. The van der Waals surface area contributed by atoms with Crippen LogP contribution in [-0.4, -0.2) is 73.5 Å². The Hall–Kier alpha value is -2.72. The first-order valence-electron chi connectivity index (χ1n) is 22.4. The van der Waals surface area contributed by atoms with Crippen molar-refractivity contribution in [1.29, 1.82) is 0 Å². The molecule has 0 aliphatic carbocycles. The van der Waals surface area contributed by atoms with Crippen molar-refractivity contribution in [3.05, 3.63) is 24.3 Å². The van der Waals surface area contributed by atoms with Gasteiger partial charge in [-0.1, -0.05) is 147 Å². The Morgan fingerprint density at radius 2 is 0.684 bits per heavy atom. The van der Waals surface area contributed by atoms with Crippen LogP contribution in [0.25, 0.3) is 0 Å². The van der Waals surface area contributed by atoms with E-state index in [2.05, 4.69) is 44.4 Å². The molecule has 0 aliphatic heterocycles. The summed E-state index contributed by atoms with van der Waals surface area (Å²) in [4.78, 5) is 44.8. The topological polar surface area (TPSA) is 151 Å². The zero-order chi connectivity index (χ0) is 41.7. The van der Waals surface area contributed by atoms with Crippen LogP contribution in [0.5, 0.6) is 0 Å². The molecule has 10 heteroatoms. The normalized spacial score (nSPS) is 12.0. The van der Waals surface area contributed by atoms with Crippen molar-refractivity contribution in [3.63, 3.8) is 0 Å². The molecule has 4 N–H and O–H groups in total. The zero-order valence-electron chi connectivity index (χ0n) is 36.4. The largest absolute Gasteiger partial charge is 0.468 e. The first-order chi connectivity index (χ1) is 27.1. The van der Waals surface area contributed by atoms with Gasteiger partial charge < -0.3 is 30.3 Å². The maximum atomic E-state index is 11.5. The number of esters is 2. The minimum absolute atomic E-state index is 0. The van der Waals surface area contributed by atoms with Gasteiger partial charge in [0.1, 0.15) is 13.1 Å². The molecule has 0 aromatic rings. The highest BCUT2D eigenvalue weighted by Crippen LogP contribution is 2.14. The summed E-state index contributed by atoms with van der Waals surface area (Å²) in [5.74, 6) is -1.04. The third-order valence-electron chi connectivity index (χ3n) is 9.68. The van der Waals surface area contributed by atoms with Crippen molar-refractivity contribution < 1.29 is 38.9 Å². The van der Waals surface area contributed by atoms with Gasteiger partial charge in [0.15, 0.2) is 0 Å². The van der Waals surface area contributed by atoms with Gasteiger partial charge in [-0.25, -0.2) is 0 Å². The number of aliphatic hydroxyl groups excluding tert-OH is 2. The van der Waals surface area contributed by atoms with Gasteiger partial charge in [0.25, 0.3) is 0 Å². The van der Waals surface area contributed by atoms with Crippen LogP contribution in [0.15, 0.2) is 24.3 Å². The summed E-state index contributed by atoms with van der Waals surface area (Å²) in [6.45, 7) is 3.64. The van der Waals surface area contributed by atoms with E-state index in [1.807, 2.05) is 13.8 Å². The summed E-state index contributed by atoms with van der Waals surface area (Å²) in [7, 11) is 2.62. The molecular weight excluding hydrogens is 721 g/mol. The summed E-state index contributed by atoms with van der Waals surface area (Å²) >= 11 is 0. The highest BCUT2D eigenvalue weighted by atomic mass is 16.5. The molecule has 2 unspecified atom stereocenters. The molecule has 10 nitrogen and oxygen atoms in total. The van der Waals surface area contributed by atoms with Crippen molar-refractivity contribution in [1.82, 2.24) is 10.6 Å². The molecule has 0 heterocycles. The lowest BCUT2D eigenvalue weighted by Gasteiger charge is -2.04. The summed E-state index contributed by atoms with van der Waals surface area (Å²) < 4.78 is 8.94. The van der Waals surface area contributed by atoms with Gasteiger partial charge in [-0.2, -0.15) is 0 Å². The van der Waals surface area contributed by atoms with E-state index < -0.39 is 11.9 Å². The van der Waals surface area contributed by atoms with Gasteiger partial charge in [-0.3, -0.25) is 19.2 Å². The fraction of sp³-hybridized carbons (Fsp3) is 0.830. The highest BCUT2D eigenvalue weighted by Gasteiger charge is 2.05. The molecular formula is C47H90N2O8. The molecule has 0 aromatic carbocycles. The van der Waals surface area contributed by atoms with Crippen LogP contribution in [0.4, 0.5) is 0 Å². The van der Waals surface area contributed by atoms with E-state index in [9.17, 15) is 29.4 Å². The van der Waals surface area contributed by atoms with Gasteiger partial charge in [0.2, 0.25) is 11.8 Å². The van der Waals surface area contributed by atoms with Crippen LogP contribution in [0.2, 0.25) is 0 Å². The number of carbonyl (C=O) groups excluding carboxylic acids is 4. The van der Waals surface area contributed by atoms with E-state index >= 15 is 0 Å². The van der Waals surface area contributed by atoms with Gasteiger partial charge in [0, 0.05) is 12.8 Å². The van der Waals surface area contributed by atoms with Crippen LogP contribution in [0, 0.1) is 0 Å². The van der Waals surface area contributed by atoms with Crippen molar-refractivity contribution in [2.45, 2.75) is 226 Å². The Bertz CT molecular complexity index is 891. The molecule has 0 spiro atoms. The lowest BCUT2D eigenvalue weighted by molar-refractivity contribution is -0.141. The minimum atomic E-state index is -0.419. The molecule has 0 saturated carbocycles. The molecule has 0 radical (unpaired) electrons. The van der Waals surface area contributed by atoms with Gasteiger partial charge in [-0.05, 0) is 78.1 Å². The first kappa shape index (κ1) is 58.6. The Balaban J connectivity index is -0.00000101. The summed E-state index contributed by atoms with van der Waals surface area (Å²) in [6.07, 6.45) is 42.9. The van der Waals surface area contributed by atoms with Crippen molar-refractivity contribution >= 4 is 23.8 Å². The lowest BCUT2D eigenvalue weighted by atomic mass is 10.0. The fourth-order valence-electron chi connectivity index (χ4n) is 6.13. The number of ether oxygens (including phenoxy) is 2. The number of aliphatic hydroxyl groups is 2. The average molecular weight is 811 g/mol. The van der Waals surface area contributed by atoms with Crippen molar-refractivity contribution in [3.8, 4) is 0 Å². The van der Waals surface area contributed by atoms with E-state index in [0.29, 0.717) is 12.8 Å². The second-order valence-electron chi connectivity index (χ2n) is 15.4. The third kappa shape index (κ3) is 53.3. The predicted molar refractivity (Wildman–Crippen MR) is 237 cm³/mol. The standard InChI is InChI=1S/2C23H43NO4.CH4/c2*1-21(25)18-16-14-12-10-8-6-4-3-5-7-9-11-13-15-17-19-22(26)24-20-23(27)28-2;/h2*11,13,21,25H,3-10,12,14-20H2,1-2H3,(H,24,26);1H4/b2*13-11-;. The van der Waals surface area contributed by atoms with Crippen LogP contribution in [0.1, 0.15) is 214 Å². The van der Waals surface area contributed by atoms with E-state index in [4.69, 9.17) is 0 Å². The van der Waals surface area contributed by atoms with E-state index in [0.717, 1.165) is 64.2 Å². The van der Waals surface area contributed by atoms with Crippen molar-refractivity contribution in [2.24, 2.45) is 0 Å². The quantitative estimate of drug-likeness (QED) is 0.0273. The molecule has 0 saturated heterocycles. The Morgan fingerprint density at radius 3 is 0.947 bits per heavy atom. The molecule has 0 bridgehead atoms. The summed E-state index contributed by atoms with van der Waals surface area (Å²) in [5, 5.41) is 23.5. The number of hydrogen-bond acceptors (Lipinski definition) is 8. The van der Waals surface area contributed by atoms with Crippen LogP contribution in [0.3, 0.4) is 0 Å². The number of carbonyl (C=O) groups is 4. The van der Waals surface area contributed by atoms with Gasteiger partial charge >= 0.3 is 11.9 Å².